The molecule has 0 atom stereocenters. The van der Waals surface area contributed by atoms with Gasteiger partial charge in [-0.05, 0) is 42.9 Å². The second-order valence-corrected chi connectivity index (χ2v) is 4.01. The van der Waals surface area contributed by atoms with Gasteiger partial charge in [0.1, 0.15) is 5.76 Å². The van der Waals surface area contributed by atoms with E-state index in [1.807, 2.05) is 12.1 Å². The van der Waals surface area contributed by atoms with Crippen molar-refractivity contribution in [3.8, 4) is 0 Å². The highest BCUT2D eigenvalue weighted by Crippen LogP contribution is 2.34. The van der Waals surface area contributed by atoms with Crippen LogP contribution in [0.5, 0.6) is 0 Å². The van der Waals surface area contributed by atoms with E-state index in [1.165, 1.54) is 12.8 Å². The fraction of sp³-hybridized carbons (Fsp3) is 0.333. The molecule has 0 radical (unpaired) electrons. The first-order valence-electron chi connectivity index (χ1n) is 4.93. The van der Waals surface area contributed by atoms with Gasteiger partial charge >= 0.3 is 0 Å². The number of hydrogen-bond acceptors (Lipinski definition) is 2. The Kier molecular flexibility index (Phi) is 2.20. The zero-order chi connectivity index (χ0) is 10.1. The molecule has 0 saturated heterocycles. The maximum atomic E-state index is 9.41. The van der Waals surface area contributed by atoms with E-state index in [9.17, 15) is 5.11 Å². The van der Waals surface area contributed by atoms with E-state index >= 15 is 0 Å². The molecule has 14 heavy (non-hydrogen) atoms. The molecular formula is C12H15NO. The lowest BCUT2D eigenvalue weighted by atomic mass is 10.0. The Labute approximate surface area is 84.1 Å². The van der Waals surface area contributed by atoms with Crippen LogP contribution >= 0.6 is 0 Å². The largest absolute Gasteiger partial charge is 0.508 e. The summed E-state index contributed by atoms with van der Waals surface area (Å²) in [6.45, 7) is 3.55. The van der Waals surface area contributed by atoms with Crippen LogP contribution in [0, 0.1) is 5.92 Å². The molecule has 0 spiro atoms. The first-order valence-corrected chi connectivity index (χ1v) is 4.93. The highest BCUT2D eigenvalue weighted by Gasteiger charge is 2.22. The SMILES string of the molecule is C=C(O)c1cc(N)ccc1CC1CC1. The van der Waals surface area contributed by atoms with Crippen LogP contribution in [0.2, 0.25) is 0 Å². The minimum atomic E-state index is 0.118. The summed E-state index contributed by atoms with van der Waals surface area (Å²) in [5, 5.41) is 9.41. The maximum Gasteiger partial charge on any atom is 0.115 e. The molecule has 1 aromatic rings. The minimum absolute atomic E-state index is 0.118. The lowest BCUT2D eigenvalue weighted by Crippen LogP contribution is -1.96. The van der Waals surface area contributed by atoms with E-state index in [0.717, 1.165) is 23.5 Å². The van der Waals surface area contributed by atoms with E-state index in [0.29, 0.717) is 5.69 Å². The smallest absolute Gasteiger partial charge is 0.115 e. The monoisotopic (exact) mass is 189 g/mol. The van der Waals surface area contributed by atoms with E-state index in [2.05, 4.69) is 6.58 Å². The molecule has 2 rings (SSSR count). The second-order valence-electron chi connectivity index (χ2n) is 4.01. The number of nitrogens with two attached hydrogens (primary N) is 1. The van der Waals surface area contributed by atoms with Gasteiger partial charge in [0.05, 0.1) is 0 Å². The van der Waals surface area contributed by atoms with Crippen molar-refractivity contribution in [3.63, 3.8) is 0 Å². The average molecular weight is 189 g/mol. The Morgan fingerprint density at radius 1 is 1.50 bits per heavy atom. The molecule has 3 N–H and O–H groups in total. The fourth-order valence-electron chi connectivity index (χ4n) is 1.67. The highest BCUT2D eigenvalue weighted by molar-refractivity contribution is 5.64. The molecule has 0 bridgehead atoms. The standard InChI is InChI=1S/C12H15NO/c1-8(14)12-7-11(13)5-4-10(12)6-9-2-3-9/h4-5,7,9,14H,1-3,6,13H2. The van der Waals surface area contributed by atoms with Crippen LogP contribution in [-0.2, 0) is 6.42 Å². The lowest BCUT2D eigenvalue weighted by Gasteiger charge is -2.08. The number of benzene rings is 1. The van der Waals surface area contributed by atoms with Crippen molar-refractivity contribution >= 4 is 11.4 Å². The van der Waals surface area contributed by atoms with Crippen molar-refractivity contribution in [2.45, 2.75) is 19.3 Å². The predicted molar refractivity (Wildman–Crippen MR) is 58.9 cm³/mol. The van der Waals surface area contributed by atoms with Crippen LogP contribution < -0.4 is 5.73 Å². The molecule has 0 amide bonds. The number of aliphatic hydroxyl groups excluding tert-OH is 1. The molecule has 1 fully saturated rings. The number of hydrogen-bond donors (Lipinski definition) is 2. The van der Waals surface area contributed by atoms with Gasteiger partial charge in [-0.15, -0.1) is 0 Å². The zero-order valence-corrected chi connectivity index (χ0v) is 8.16. The second kappa shape index (κ2) is 3.37. The first-order chi connectivity index (χ1) is 6.66. The van der Waals surface area contributed by atoms with Gasteiger partial charge in [-0.3, -0.25) is 0 Å². The Balaban J connectivity index is 2.31. The van der Waals surface area contributed by atoms with Crippen molar-refractivity contribution in [1.82, 2.24) is 0 Å². The van der Waals surface area contributed by atoms with Crippen LogP contribution in [0.4, 0.5) is 5.69 Å². The number of rotatable bonds is 3. The molecule has 74 valence electrons. The molecule has 2 nitrogen and oxygen atoms in total. The van der Waals surface area contributed by atoms with Crippen molar-refractivity contribution in [2.75, 3.05) is 5.73 Å². The number of nitrogen functional groups attached to an aromatic ring is 1. The minimum Gasteiger partial charge on any atom is -0.508 e. The molecule has 1 aliphatic rings. The van der Waals surface area contributed by atoms with Crippen LogP contribution in [0.15, 0.2) is 24.8 Å². The molecule has 2 heteroatoms. The van der Waals surface area contributed by atoms with Crippen LogP contribution in [0.25, 0.3) is 5.76 Å². The predicted octanol–water partition coefficient (Wildman–Crippen LogP) is 2.75. The number of aliphatic hydroxyl groups is 1. The van der Waals surface area contributed by atoms with Gasteiger partial charge in [0.25, 0.3) is 0 Å². The fourth-order valence-corrected chi connectivity index (χ4v) is 1.67. The number of anilines is 1. The highest BCUT2D eigenvalue weighted by atomic mass is 16.3. The lowest BCUT2D eigenvalue weighted by molar-refractivity contribution is 0.512. The van der Waals surface area contributed by atoms with Crippen molar-refractivity contribution < 1.29 is 5.11 Å². The van der Waals surface area contributed by atoms with E-state index in [-0.39, 0.29) is 5.76 Å². The Bertz CT molecular complexity index is 367. The van der Waals surface area contributed by atoms with Crippen molar-refractivity contribution in [2.24, 2.45) is 5.92 Å². The molecule has 0 aliphatic heterocycles. The molecule has 1 aromatic carbocycles. The summed E-state index contributed by atoms with van der Waals surface area (Å²) in [5.41, 5.74) is 8.30. The molecule has 0 heterocycles. The summed E-state index contributed by atoms with van der Waals surface area (Å²) in [6.07, 6.45) is 3.65. The third-order valence-electron chi connectivity index (χ3n) is 2.65. The third-order valence-corrected chi connectivity index (χ3v) is 2.65. The van der Waals surface area contributed by atoms with Gasteiger partial charge < -0.3 is 10.8 Å². The van der Waals surface area contributed by atoms with Gasteiger partial charge in [0.15, 0.2) is 0 Å². The van der Waals surface area contributed by atoms with E-state index in [1.54, 1.807) is 6.07 Å². The summed E-state index contributed by atoms with van der Waals surface area (Å²) in [7, 11) is 0. The topological polar surface area (TPSA) is 46.2 Å². The Morgan fingerprint density at radius 3 is 2.79 bits per heavy atom. The summed E-state index contributed by atoms with van der Waals surface area (Å²) in [6, 6.07) is 5.66. The van der Waals surface area contributed by atoms with E-state index < -0.39 is 0 Å². The van der Waals surface area contributed by atoms with Crippen molar-refractivity contribution in [3.05, 3.63) is 35.9 Å². The molecular weight excluding hydrogens is 174 g/mol. The van der Waals surface area contributed by atoms with E-state index in [4.69, 9.17) is 5.73 Å². The normalized spacial score (nSPS) is 15.4. The van der Waals surface area contributed by atoms with Crippen molar-refractivity contribution in [1.29, 1.82) is 0 Å². The van der Waals surface area contributed by atoms with Gasteiger partial charge in [-0.2, -0.15) is 0 Å². The molecule has 0 unspecified atom stereocenters. The average Bonchev–Trinajstić information content (AvgIpc) is 2.91. The Hall–Kier alpha value is -1.44. The summed E-state index contributed by atoms with van der Waals surface area (Å²) in [5.74, 6) is 0.921. The van der Waals surface area contributed by atoms with Gasteiger partial charge in [0, 0.05) is 11.3 Å². The summed E-state index contributed by atoms with van der Waals surface area (Å²) < 4.78 is 0. The van der Waals surface area contributed by atoms with Gasteiger partial charge in [-0.1, -0.05) is 12.6 Å². The maximum absolute atomic E-state index is 9.41. The quantitative estimate of drug-likeness (QED) is 0.567. The summed E-state index contributed by atoms with van der Waals surface area (Å²) >= 11 is 0. The van der Waals surface area contributed by atoms with Crippen LogP contribution in [-0.4, -0.2) is 5.11 Å². The third kappa shape index (κ3) is 1.90. The van der Waals surface area contributed by atoms with Crippen LogP contribution in [0.3, 0.4) is 0 Å². The molecule has 1 saturated carbocycles. The molecule has 1 aliphatic carbocycles. The molecule has 0 aromatic heterocycles. The van der Waals surface area contributed by atoms with Gasteiger partial charge in [-0.25, -0.2) is 0 Å². The van der Waals surface area contributed by atoms with Gasteiger partial charge in [0.2, 0.25) is 0 Å². The summed E-state index contributed by atoms with van der Waals surface area (Å²) in [4.78, 5) is 0. The Morgan fingerprint density at radius 2 is 2.21 bits per heavy atom. The van der Waals surface area contributed by atoms with Crippen LogP contribution in [0.1, 0.15) is 24.0 Å². The first kappa shape index (κ1) is 9.13. The zero-order valence-electron chi connectivity index (χ0n) is 8.16.